The van der Waals surface area contributed by atoms with E-state index in [2.05, 4.69) is 16.9 Å². The van der Waals surface area contributed by atoms with Gasteiger partial charge in [0.15, 0.2) is 5.69 Å². The predicted octanol–water partition coefficient (Wildman–Crippen LogP) is -0.502. The van der Waals surface area contributed by atoms with Gasteiger partial charge in [-0.1, -0.05) is 17.9 Å². The van der Waals surface area contributed by atoms with E-state index >= 15 is 0 Å². The summed E-state index contributed by atoms with van der Waals surface area (Å²) in [5, 5.41) is 14.4. The molecule has 1 aliphatic heterocycles. The number of rotatable bonds is 2. The highest BCUT2D eigenvalue weighted by atomic mass is 16.3. The third kappa shape index (κ3) is 3.05. The van der Waals surface area contributed by atoms with Crippen molar-refractivity contribution in [2.24, 2.45) is 5.73 Å². The van der Waals surface area contributed by atoms with Crippen LogP contribution in [-0.4, -0.2) is 50.8 Å². The number of nitrogens with two attached hydrogens (primary N) is 2. The molecule has 25 heavy (non-hydrogen) atoms. The predicted molar refractivity (Wildman–Crippen MR) is 90.6 cm³/mol. The first-order chi connectivity index (χ1) is 11.8. The SMILES string of the molecule is CN1CC[C@@](O)(C#Cc2cccc(-n3cc(N)c(C(N)=O)n3)c2)C1=O. The number of primary amides is 1. The Morgan fingerprint density at radius 2 is 2.20 bits per heavy atom. The molecule has 8 heteroatoms. The number of anilines is 1. The van der Waals surface area contributed by atoms with Gasteiger partial charge in [0.05, 0.1) is 17.6 Å². The summed E-state index contributed by atoms with van der Waals surface area (Å²) in [5.41, 5.74) is 10.7. The van der Waals surface area contributed by atoms with Crippen molar-refractivity contribution in [1.82, 2.24) is 14.7 Å². The van der Waals surface area contributed by atoms with E-state index in [9.17, 15) is 14.7 Å². The molecule has 0 unspecified atom stereocenters. The number of hydrogen-bond donors (Lipinski definition) is 3. The molecular formula is C17H17N5O3. The van der Waals surface area contributed by atoms with Gasteiger partial charge in [-0.05, 0) is 18.2 Å². The fourth-order valence-electron chi connectivity index (χ4n) is 2.58. The lowest BCUT2D eigenvalue weighted by molar-refractivity contribution is -0.137. The molecule has 2 aromatic rings. The quantitative estimate of drug-likeness (QED) is 0.636. The van der Waals surface area contributed by atoms with Crippen molar-refractivity contribution in [3.63, 3.8) is 0 Å². The Morgan fingerprint density at radius 1 is 1.44 bits per heavy atom. The van der Waals surface area contributed by atoms with E-state index in [1.165, 1.54) is 15.8 Å². The summed E-state index contributed by atoms with van der Waals surface area (Å²) in [6.45, 7) is 0.465. The molecule has 1 aromatic carbocycles. The van der Waals surface area contributed by atoms with Crippen LogP contribution in [-0.2, 0) is 4.79 Å². The molecule has 0 spiro atoms. The molecule has 8 nitrogen and oxygen atoms in total. The molecule has 3 rings (SSSR count). The Hall–Kier alpha value is -3.31. The van der Waals surface area contributed by atoms with E-state index in [-0.39, 0.29) is 17.8 Å². The minimum Gasteiger partial charge on any atom is -0.396 e. The number of nitrogens with zero attached hydrogens (tertiary/aromatic N) is 3. The van der Waals surface area contributed by atoms with E-state index < -0.39 is 17.4 Å². The monoisotopic (exact) mass is 339 g/mol. The number of hydrogen-bond acceptors (Lipinski definition) is 5. The maximum absolute atomic E-state index is 11.9. The second-order valence-corrected chi connectivity index (χ2v) is 5.88. The molecular weight excluding hydrogens is 322 g/mol. The van der Waals surface area contributed by atoms with Crippen LogP contribution in [0.3, 0.4) is 0 Å². The molecule has 1 fully saturated rings. The Labute approximate surface area is 144 Å². The Balaban J connectivity index is 1.91. The highest BCUT2D eigenvalue weighted by molar-refractivity contribution is 5.95. The minimum absolute atomic E-state index is 0.00890. The lowest BCUT2D eigenvalue weighted by atomic mass is 10.0. The first-order valence-corrected chi connectivity index (χ1v) is 7.57. The number of likely N-dealkylation sites (tertiary alicyclic amines) is 1. The van der Waals surface area contributed by atoms with Gasteiger partial charge in [-0.3, -0.25) is 9.59 Å². The van der Waals surface area contributed by atoms with Crippen molar-refractivity contribution in [1.29, 1.82) is 0 Å². The third-order valence-electron chi connectivity index (χ3n) is 4.01. The second kappa shape index (κ2) is 5.96. The van der Waals surface area contributed by atoms with Gasteiger partial charge in [0.1, 0.15) is 0 Å². The van der Waals surface area contributed by atoms with Gasteiger partial charge in [0, 0.05) is 25.6 Å². The molecule has 1 saturated heterocycles. The summed E-state index contributed by atoms with van der Waals surface area (Å²) in [4.78, 5) is 24.6. The lowest BCUT2D eigenvalue weighted by Crippen LogP contribution is -2.37. The molecule has 1 aromatic heterocycles. The van der Waals surface area contributed by atoms with Gasteiger partial charge < -0.3 is 21.5 Å². The third-order valence-corrected chi connectivity index (χ3v) is 4.01. The van der Waals surface area contributed by atoms with Crippen LogP contribution in [0.25, 0.3) is 5.69 Å². The van der Waals surface area contributed by atoms with Crippen molar-refractivity contribution in [2.75, 3.05) is 19.3 Å². The molecule has 2 heterocycles. The van der Waals surface area contributed by atoms with Crippen molar-refractivity contribution in [3.8, 4) is 17.5 Å². The normalized spacial score (nSPS) is 19.6. The smallest absolute Gasteiger partial charge is 0.271 e. The minimum atomic E-state index is -1.65. The maximum atomic E-state index is 11.9. The zero-order valence-corrected chi connectivity index (χ0v) is 13.6. The van der Waals surface area contributed by atoms with Crippen LogP contribution < -0.4 is 11.5 Å². The largest absolute Gasteiger partial charge is 0.396 e. The number of aliphatic hydroxyl groups is 1. The number of carbonyl (C=O) groups is 2. The van der Waals surface area contributed by atoms with Crippen molar-refractivity contribution in [3.05, 3.63) is 41.7 Å². The van der Waals surface area contributed by atoms with Gasteiger partial charge in [0.25, 0.3) is 11.8 Å². The zero-order chi connectivity index (χ0) is 18.2. The zero-order valence-electron chi connectivity index (χ0n) is 13.6. The molecule has 0 saturated carbocycles. The summed E-state index contributed by atoms with van der Waals surface area (Å²) in [7, 11) is 1.63. The summed E-state index contributed by atoms with van der Waals surface area (Å²) < 4.78 is 1.42. The van der Waals surface area contributed by atoms with Crippen LogP contribution in [0.1, 0.15) is 22.5 Å². The Kier molecular flexibility index (Phi) is 3.94. The molecule has 0 radical (unpaired) electrons. The van der Waals surface area contributed by atoms with Gasteiger partial charge in [-0.2, -0.15) is 5.10 Å². The topological polar surface area (TPSA) is 127 Å². The molecule has 1 aliphatic rings. The van der Waals surface area contributed by atoms with E-state index in [0.29, 0.717) is 17.8 Å². The first kappa shape index (κ1) is 16.5. The molecule has 0 bridgehead atoms. The van der Waals surface area contributed by atoms with E-state index in [1.807, 2.05) is 0 Å². The van der Waals surface area contributed by atoms with Crippen molar-refractivity contribution in [2.45, 2.75) is 12.0 Å². The van der Waals surface area contributed by atoms with Crippen LogP contribution >= 0.6 is 0 Å². The highest BCUT2D eigenvalue weighted by Gasteiger charge is 2.42. The summed E-state index contributed by atoms with van der Waals surface area (Å²) in [6, 6.07) is 6.95. The van der Waals surface area contributed by atoms with E-state index in [1.54, 1.807) is 31.3 Å². The average molecular weight is 339 g/mol. The van der Waals surface area contributed by atoms with Crippen molar-refractivity contribution < 1.29 is 14.7 Å². The van der Waals surface area contributed by atoms with Gasteiger partial charge in [0.2, 0.25) is 5.60 Å². The van der Waals surface area contributed by atoms with Crippen LogP contribution in [0.15, 0.2) is 30.5 Å². The second-order valence-electron chi connectivity index (χ2n) is 5.88. The fraction of sp³-hybridized carbons (Fsp3) is 0.235. The van der Waals surface area contributed by atoms with Gasteiger partial charge in [-0.25, -0.2) is 4.68 Å². The number of benzene rings is 1. The molecule has 5 N–H and O–H groups in total. The molecule has 1 atom stereocenters. The van der Waals surface area contributed by atoms with Gasteiger partial charge in [-0.15, -0.1) is 0 Å². The molecule has 2 amide bonds. The standard InChI is InChI=1S/C17H17N5O3/c1-21-8-7-17(25,16(21)24)6-5-11-3-2-4-12(9-11)22-10-13(18)14(20-22)15(19)23/h2-4,9-10,25H,7-8,18H2,1H3,(H2,19,23)/t17-/m0/s1. The van der Waals surface area contributed by atoms with Gasteiger partial charge >= 0.3 is 0 Å². The summed E-state index contributed by atoms with van der Waals surface area (Å²) >= 11 is 0. The highest BCUT2D eigenvalue weighted by Crippen LogP contribution is 2.21. The molecule has 0 aliphatic carbocycles. The Bertz CT molecular complexity index is 924. The molecule has 128 valence electrons. The van der Waals surface area contributed by atoms with Crippen LogP contribution in [0, 0.1) is 11.8 Å². The van der Waals surface area contributed by atoms with Crippen LogP contribution in [0.4, 0.5) is 5.69 Å². The van der Waals surface area contributed by atoms with Crippen LogP contribution in [0.5, 0.6) is 0 Å². The average Bonchev–Trinajstić information content (AvgIpc) is 3.10. The number of amides is 2. The Morgan fingerprint density at radius 3 is 2.80 bits per heavy atom. The van der Waals surface area contributed by atoms with E-state index in [4.69, 9.17) is 11.5 Å². The fourth-order valence-corrected chi connectivity index (χ4v) is 2.58. The number of nitrogen functional groups attached to an aromatic ring is 1. The first-order valence-electron chi connectivity index (χ1n) is 7.57. The number of likely N-dealkylation sites (N-methyl/N-ethyl adjacent to an activating group) is 1. The summed E-state index contributed by atoms with van der Waals surface area (Å²) in [5.74, 6) is 4.36. The number of aromatic nitrogens is 2. The lowest BCUT2D eigenvalue weighted by Gasteiger charge is -2.13. The summed E-state index contributed by atoms with van der Waals surface area (Å²) in [6.07, 6.45) is 1.75. The number of carbonyl (C=O) groups excluding carboxylic acids is 2. The maximum Gasteiger partial charge on any atom is 0.271 e. The van der Waals surface area contributed by atoms with Crippen LogP contribution in [0.2, 0.25) is 0 Å². The van der Waals surface area contributed by atoms with E-state index in [0.717, 1.165) is 0 Å². The van der Waals surface area contributed by atoms with Crippen molar-refractivity contribution >= 4 is 17.5 Å².